The highest BCUT2D eigenvalue weighted by Gasteiger charge is 2.30. The molecule has 0 aliphatic carbocycles. The first-order chi connectivity index (χ1) is 14.9. The van der Waals surface area contributed by atoms with E-state index in [-0.39, 0.29) is 12.5 Å². The highest BCUT2D eigenvalue weighted by Crippen LogP contribution is 2.24. The molecule has 0 fully saturated rings. The molecule has 0 unspecified atom stereocenters. The Morgan fingerprint density at radius 3 is 2.28 bits per heavy atom. The number of aryl methyl sites for hydroxylation is 3. The van der Waals surface area contributed by atoms with Crippen molar-refractivity contribution < 1.29 is 18.0 Å². The fourth-order valence-electron chi connectivity index (χ4n) is 3.49. The molecule has 0 aliphatic rings. The molecule has 0 bridgehead atoms. The maximum Gasteiger partial charge on any atom is 0.244 e. The average molecular weight is 460 g/mol. The van der Waals surface area contributed by atoms with E-state index in [2.05, 4.69) is 5.32 Å². The summed E-state index contributed by atoms with van der Waals surface area (Å²) in [7, 11) is -3.74. The zero-order chi connectivity index (χ0) is 24.1. The van der Waals surface area contributed by atoms with Gasteiger partial charge in [0, 0.05) is 13.1 Å². The van der Waals surface area contributed by atoms with Crippen LogP contribution in [0, 0.1) is 20.8 Å². The van der Waals surface area contributed by atoms with Gasteiger partial charge in [0.25, 0.3) is 0 Å². The second-order valence-electron chi connectivity index (χ2n) is 8.14. The van der Waals surface area contributed by atoms with Gasteiger partial charge < -0.3 is 10.2 Å². The van der Waals surface area contributed by atoms with Crippen molar-refractivity contribution in [3.63, 3.8) is 0 Å². The lowest BCUT2D eigenvalue weighted by Crippen LogP contribution is -2.51. The van der Waals surface area contributed by atoms with Crippen molar-refractivity contribution in [2.24, 2.45) is 0 Å². The fourth-order valence-corrected chi connectivity index (χ4v) is 4.39. The zero-order valence-corrected chi connectivity index (χ0v) is 20.5. The first-order valence-corrected chi connectivity index (χ1v) is 12.5. The van der Waals surface area contributed by atoms with Gasteiger partial charge in [0.2, 0.25) is 21.8 Å². The number of carbonyl (C=O) groups is 2. The molecule has 0 heterocycles. The Balaban J connectivity index is 2.43. The number of hydrogen-bond acceptors (Lipinski definition) is 4. The van der Waals surface area contributed by atoms with Gasteiger partial charge in [-0.15, -0.1) is 0 Å². The minimum atomic E-state index is -3.74. The van der Waals surface area contributed by atoms with Crippen LogP contribution in [0.5, 0.6) is 0 Å². The van der Waals surface area contributed by atoms with Crippen molar-refractivity contribution >= 4 is 27.5 Å². The van der Waals surface area contributed by atoms with Crippen LogP contribution >= 0.6 is 0 Å². The summed E-state index contributed by atoms with van der Waals surface area (Å²) in [5.41, 5.74) is 4.00. The number of rotatable bonds is 9. The van der Waals surface area contributed by atoms with Gasteiger partial charge in [0.15, 0.2) is 0 Å². The van der Waals surface area contributed by atoms with Crippen LogP contribution in [0.3, 0.4) is 0 Å². The maximum absolute atomic E-state index is 13.4. The lowest BCUT2D eigenvalue weighted by atomic mass is 10.1. The number of amides is 2. The van der Waals surface area contributed by atoms with E-state index in [9.17, 15) is 18.0 Å². The van der Waals surface area contributed by atoms with Crippen molar-refractivity contribution in [1.29, 1.82) is 0 Å². The topological polar surface area (TPSA) is 86.8 Å². The molecule has 2 aromatic carbocycles. The molecule has 1 atom stereocenters. The monoisotopic (exact) mass is 459 g/mol. The lowest BCUT2D eigenvalue weighted by molar-refractivity contribution is -0.139. The first-order valence-electron chi connectivity index (χ1n) is 10.6. The molecule has 8 heteroatoms. The minimum absolute atomic E-state index is 0.198. The highest BCUT2D eigenvalue weighted by molar-refractivity contribution is 7.92. The summed E-state index contributed by atoms with van der Waals surface area (Å²) >= 11 is 0. The number of benzene rings is 2. The number of nitrogens with zero attached hydrogens (tertiary/aromatic N) is 2. The lowest BCUT2D eigenvalue weighted by Gasteiger charge is -2.32. The molecule has 1 N–H and O–H groups in total. The summed E-state index contributed by atoms with van der Waals surface area (Å²) in [5, 5.41) is 2.74. The predicted molar refractivity (Wildman–Crippen MR) is 128 cm³/mol. The van der Waals surface area contributed by atoms with Crippen LogP contribution < -0.4 is 9.62 Å². The van der Waals surface area contributed by atoms with Crippen molar-refractivity contribution in [2.45, 2.75) is 47.2 Å². The highest BCUT2D eigenvalue weighted by atomic mass is 32.2. The van der Waals surface area contributed by atoms with Crippen LogP contribution in [0.2, 0.25) is 0 Å². The molecule has 2 aromatic rings. The van der Waals surface area contributed by atoms with Gasteiger partial charge in [-0.1, -0.05) is 42.0 Å². The van der Waals surface area contributed by atoms with Gasteiger partial charge in [-0.2, -0.15) is 0 Å². The average Bonchev–Trinajstić information content (AvgIpc) is 2.71. The third kappa shape index (κ3) is 6.56. The number of hydrogen-bond donors (Lipinski definition) is 1. The minimum Gasteiger partial charge on any atom is -0.355 e. The van der Waals surface area contributed by atoms with Crippen LogP contribution in [-0.2, 0) is 26.2 Å². The summed E-state index contributed by atoms with van der Waals surface area (Å²) < 4.78 is 26.4. The van der Waals surface area contributed by atoms with Crippen LogP contribution in [-0.4, -0.2) is 50.5 Å². The number of anilines is 1. The molecule has 0 saturated heterocycles. The predicted octanol–water partition coefficient (Wildman–Crippen LogP) is 2.93. The van der Waals surface area contributed by atoms with Gasteiger partial charge in [-0.05, 0) is 57.4 Å². The molecule has 174 valence electrons. The van der Waals surface area contributed by atoms with Crippen molar-refractivity contribution in [1.82, 2.24) is 10.2 Å². The maximum atomic E-state index is 13.4. The summed E-state index contributed by atoms with van der Waals surface area (Å²) in [6, 6.07) is 12.4. The molecule has 2 rings (SSSR count). The quantitative estimate of drug-likeness (QED) is 0.625. The molecule has 0 saturated carbocycles. The van der Waals surface area contributed by atoms with Crippen LogP contribution in [0.25, 0.3) is 0 Å². The Morgan fingerprint density at radius 2 is 1.69 bits per heavy atom. The normalized spacial score (nSPS) is 12.2. The van der Waals surface area contributed by atoms with Crippen molar-refractivity contribution in [3.05, 3.63) is 64.7 Å². The second-order valence-corrected chi connectivity index (χ2v) is 10.0. The molecule has 0 radical (unpaired) electrons. The molecule has 0 aromatic heterocycles. The van der Waals surface area contributed by atoms with Gasteiger partial charge in [-0.25, -0.2) is 8.42 Å². The fraction of sp³-hybridized carbons (Fsp3) is 0.417. The third-order valence-corrected chi connectivity index (χ3v) is 6.39. The molecule has 0 spiro atoms. The number of likely N-dealkylation sites (N-methyl/N-ethyl adjacent to an activating group) is 1. The van der Waals surface area contributed by atoms with E-state index in [1.807, 2.05) is 57.2 Å². The second kappa shape index (κ2) is 10.6. The molecular weight excluding hydrogens is 426 g/mol. The molecule has 2 amide bonds. The van der Waals surface area contributed by atoms with Gasteiger partial charge in [0.05, 0.1) is 11.9 Å². The Morgan fingerprint density at radius 1 is 1.03 bits per heavy atom. The van der Waals surface area contributed by atoms with Crippen molar-refractivity contribution in [3.8, 4) is 0 Å². The molecule has 32 heavy (non-hydrogen) atoms. The van der Waals surface area contributed by atoms with E-state index in [0.717, 1.165) is 32.8 Å². The molecule has 7 nitrogen and oxygen atoms in total. The Kier molecular flexibility index (Phi) is 8.44. The summed E-state index contributed by atoms with van der Waals surface area (Å²) in [5.74, 6) is -0.734. The van der Waals surface area contributed by atoms with E-state index < -0.39 is 28.5 Å². The van der Waals surface area contributed by atoms with E-state index >= 15 is 0 Å². The van der Waals surface area contributed by atoms with Crippen LogP contribution in [0.15, 0.2) is 42.5 Å². The van der Waals surface area contributed by atoms with Gasteiger partial charge in [0.1, 0.15) is 12.6 Å². The Labute approximate surface area is 191 Å². The van der Waals surface area contributed by atoms with Crippen molar-refractivity contribution in [2.75, 3.05) is 23.7 Å². The molecular formula is C24H33N3O4S. The van der Waals surface area contributed by atoms with E-state index in [1.165, 1.54) is 4.90 Å². The van der Waals surface area contributed by atoms with E-state index in [0.29, 0.717) is 12.2 Å². The van der Waals surface area contributed by atoms with E-state index in [1.54, 1.807) is 19.9 Å². The van der Waals surface area contributed by atoms with E-state index in [4.69, 9.17) is 0 Å². The van der Waals surface area contributed by atoms with Gasteiger partial charge in [-0.3, -0.25) is 13.9 Å². The first kappa shape index (κ1) is 25.4. The smallest absolute Gasteiger partial charge is 0.244 e. The van der Waals surface area contributed by atoms with Crippen LogP contribution in [0.1, 0.15) is 36.1 Å². The number of nitrogens with one attached hydrogen (secondary N) is 1. The zero-order valence-electron chi connectivity index (χ0n) is 19.7. The largest absolute Gasteiger partial charge is 0.355 e. The SMILES string of the molecule is CCNC(=O)[C@H](C)N(Cc1cccc(C)c1)C(=O)CN(c1cc(C)ccc1C)S(C)(=O)=O. The van der Waals surface area contributed by atoms with Gasteiger partial charge >= 0.3 is 0 Å². The Bertz CT molecular complexity index is 1080. The summed E-state index contributed by atoms with van der Waals surface area (Å²) in [6.45, 7) is 9.33. The molecule has 0 aliphatic heterocycles. The summed E-state index contributed by atoms with van der Waals surface area (Å²) in [4.78, 5) is 27.4. The third-order valence-electron chi connectivity index (χ3n) is 5.27. The standard InChI is InChI=1S/C24H33N3O4S/c1-7-25-24(29)20(5)26(15-21-10-8-9-17(2)13-21)23(28)16-27(32(6,30)31)22-14-18(3)11-12-19(22)4/h8-14,20H,7,15-16H2,1-6H3,(H,25,29)/t20-/m0/s1. The Hall–Kier alpha value is -2.87. The number of sulfonamides is 1. The summed E-state index contributed by atoms with van der Waals surface area (Å²) in [6.07, 6.45) is 1.08. The number of carbonyl (C=O) groups excluding carboxylic acids is 2. The van der Waals surface area contributed by atoms with Crippen LogP contribution in [0.4, 0.5) is 5.69 Å².